The number of aliphatic hydroxyl groups is 1. The first kappa shape index (κ1) is 16.6. The average molecular weight is 342 g/mol. The quantitative estimate of drug-likeness (QED) is 0.877. The molecule has 10 heteroatoms. The van der Waals surface area contributed by atoms with Crippen LogP contribution in [0.5, 0.6) is 0 Å². The molecule has 1 aliphatic rings. The van der Waals surface area contributed by atoms with E-state index in [9.17, 15) is 18.3 Å². The van der Waals surface area contributed by atoms with Crippen LogP contribution in [0, 0.1) is 5.92 Å². The number of aromatic nitrogens is 5. The number of hydrogen-bond donors (Lipinski definition) is 2. The molecule has 2 heterocycles. The predicted octanol–water partition coefficient (Wildman–Crippen LogP) is 1.59. The van der Waals surface area contributed by atoms with Crippen molar-refractivity contribution in [3.63, 3.8) is 0 Å². The van der Waals surface area contributed by atoms with Crippen molar-refractivity contribution in [3.05, 3.63) is 30.1 Å². The van der Waals surface area contributed by atoms with Gasteiger partial charge in [-0.15, -0.1) is 10.2 Å². The normalized spacial score (nSPS) is 24.3. The minimum absolute atomic E-state index is 0.0710. The van der Waals surface area contributed by atoms with E-state index in [2.05, 4.69) is 25.5 Å². The van der Waals surface area contributed by atoms with Crippen LogP contribution in [0.4, 0.5) is 19.1 Å². The molecule has 0 amide bonds. The Kier molecular flexibility index (Phi) is 4.39. The minimum Gasteiger partial charge on any atom is -0.393 e. The van der Waals surface area contributed by atoms with E-state index in [-0.39, 0.29) is 24.3 Å². The summed E-state index contributed by atoms with van der Waals surface area (Å²) >= 11 is 0. The summed E-state index contributed by atoms with van der Waals surface area (Å²) in [4.78, 5) is 7.25. The molecule has 2 N–H and O–H groups in total. The van der Waals surface area contributed by atoms with Gasteiger partial charge in [-0.3, -0.25) is 0 Å². The highest BCUT2D eigenvalue weighted by atomic mass is 19.4. The van der Waals surface area contributed by atoms with Crippen molar-refractivity contribution in [2.45, 2.75) is 31.0 Å². The summed E-state index contributed by atoms with van der Waals surface area (Å²) in [6.45, 7) is 0.289. The van der Waals surface area contributed by atoms with Crippen molar-refractivity contribution in [3.8, 4) is 0 Å². The van der Waals surface area contributed by atoms with E-state index in [1.807, 2.05) is 11.6 Å². The van der Waals surface area contributed by atoms with Gasteiger partial charge in [-0.1, -0.05) is 0 Å². The first-order chi connectivity index (χ1) is 11.3. The molecular weight excluding hydrogens is 325 g/mol. The number of hydrogen-bond acceptors (Lipinski definition) is 6. The Morgan fingerprint density at radius 1 is 1.38 bits per heavy atom. The van der Waals surface area contributed by atoms with Crippen LogP contribution in [0.25, 0.3) is 0 Å². The van der Waals surface area contributed by atoms with Crippen LogP contribution < -0.4 is 5.32 Å². The topological polar surface area (TPSA) is 88.8 Å². The molecule has 7 nitrogen and oxygen atoms in total. The molecule has 0 unspecified atom stereocenters. The lowest BCUT2D eigenvalue weighted by molar-refractivity contribution is -0.141. The van der Waals surface area contributed by atoms with Gasteiger partial charge in [0.15, 0.2) is 0 Å². The second kappa shape index (κ2) is 6.34. The molecule has 130 valence electrons. The number of halogens is 3. The van der Waals surface area contributed by atoms with Crippen molar-refractivity contribution in [1.82, 2.24) is 24.7 Å². The molecule has 1 saturated carbocycles. The number of alkyl halides is 3. The molecule has 1 aliphatic carbocycles. The molecule has 1 fully saturated rings. The second-order valence-electron chi connectivity index (χ2n) is 5.94. The van der Waals surface area contributed by atoms with Gasteiger partial charge in [0, 0.05) is 31.6 Å². The molecule has 3 atom stereocenters. The molecule has 0 saturated heterocycles. The van der Waals surface area contributed by atoms with Crippen molar-refractivity contribution < 1.29 is 18.3 Å². The molecule has 0 aliphatic heterocycles. The van der Waals surface area contributed by atoms with E-state index in [1.165, 1.54) is 0 Å². The van der Waals surface area contributed by atoms with Gasteiger partial charge in [0.1, 0.15) is 17.8 Å². The van der Waals surface area contributed by atoms with Crippen LogP contribution >= 0.6 is 0 Å². The summed E-state index contributed by atoms with van der Waals surface area (Å²) in [5.41, 5.74) is -0.996. The zero-order valence-corrected chi connectivity index (χ0v) is 12.9. The maximum absolute atomic E-state index is 12.6. The lowest BCUT2D eigenvalue weighted by atomic mass is 10.0. The van der Waals surface area contributed by atoms with E-state index in [1.54, 1.807) is 6.33 Å². The van der Waals surface area contributed by atoms with Crippen LogP contribution in [-0.4, -0.2) is 42.5 Å². The maximum Gasteiger partial charge on any atom is 0.433 e. The fourth-order valence-electron chi connectivity index (χ4n) is 3.02. The van der Waals surface area contributed by atoms with Crippen molar-refractivity contribution >= 4 is 5.95 Å². The monoisotopic (exact) mass is 342 g/mol. The Morgan fingerprint density at radius 3 is 2.83 bits per heavy atom. The molecule has 0 radical (unpaired) electrons. The van der Waals surface area contributed by atoms with Crippen molar-refractivity contribution in [2.75, 3.05) is 11.9 Å². The van der Waals surface area contributed by atoms with Gasteiger partial charge in [-0.05, 0) is 18.9 Å². The van der Waals surface area contributed by atoms with Gasteiger partial charge >= 0.3 is 6.18 Å². The van der Waals surface area contributed by atoms with E-state index < -0.39 is 18.0 Å². The zero-order chi connectivity index (χ0) is 17.3. The number of aliphatic hydroxyl groups excluding tert-OH is 1. The van der Waals surface area contributed by atoms with Gasteiger partial charge in [0.05, 0.1) is 6.10 Å². The Bertz CT molecular complexity index is 704. The summed E-state index contributed by atoms with van der Waals surface area (Å²) < 4.78 is 39.7. The third-order valence-electron chi connectivity index (χ3n) is 4.24. The summed E-state index contributed by atoms with van der Waals surface area (Å²) in [5, 5.41) is 20.9. The fraction of sp³-hybridized carbons (Fsp3) is 0.571. The highest BCUT2D eigenvalue weighted by molar-refractivity contribution is 5.26. The fourth-order valence-corrected chi connectivity index (χ4v) is 3.02. The highest BCUT2D eigenvalue weighted by Crippen LogP contribution is 2.37. The molecule has 3 rings (SSSR count). The van der Waals surface area contributed by atoms with Gasteiger partial charge in [-0.25, -0.2) is 9.97 Å². The summed E-state index contributed by atoms with van der Waals surface area (Å²) in [5.74, 6) is 0.651. The summed E-state index contributed by atoms with van der Waals surface area (Å²) in [6, 6.07) is 0.819. The van der Waals surface area contributed by atoms with Crippen LogP contribution in [0.1, 0.15) is 30.3 Å². The lowest BCUT2D eigenvalue weighted by Gasteiger charge is -2.15. The van der Waals surface area contributed by atoms with E-state index >= 15 is 0 Å². The number of aryl methyl sites for hydroxylation is 1. The smallest absolute Gasteiger partial charge is 0.393 e. The van der Waals surface area contributed by atoms with E-state index in [4.69, 9.17) is 0 Å². The van der Waals surface area contributed by atoms with Crippen LogP contribution in [-0.2, 0) is 13.2 Å². The Labute approximate surface area is 136 Å². The van der Waals surface area contributed by atoms with Crippen molar-refractivity contribution in [2.24, 2.45) is 13.0 Å². The van der Waals surface area contributed by atoms with E-state index in [0.717, 1.165) is 18.1 Å². The first-order valence-corrected chi connectivity index (χ1v) is 7.50. The Morgan fingerprint density at radius 2 is 2.17 bits per heavy atom. The predicted molar refractivity (Wildman–Crippen MR) is 78.0 cm³/mol. The number of nitrogens with one attached hydrogen (secondary N) is 1. The molecule has 0 aromatic carbocycles. The van der Waals surface area contributed by atoms with Crippen LogP contribution in [0.3, 0.4) is 0 Å². The third kappa shape index (κ3) is 3.48. The van der Waals surface area contributed by atoms with E-state index in [0.29, 0.717) is 12.8 Å². The molecule has 2 aromatic rings. The lowest BCUT2D eigenvalue weighted by Crippen LogP contribution is -2.23. The van der Waals surface area contributed by atoms with Gasteiger partial charge < -0.3 is 15.0 Å². The second-order valence-corrected chi connectivity index (χ2v) is 5.94. The molecular formula is C14H17F3N6O. The highest BCUT2D eigenvalue weighted by Gasteiger charge is 2.36. The zero-order valence-electron chi connectivity index (χ0n) is 12.9. The first-order valence-electron chi connectivity index (χ1n) is 7.50. The largest absolute Gasteiger partial charge is 0.433 e. The van der Waals surface area contributed by atoms with Gasteiger partial charge in [0.25, 0.3) is 0 Å². The number of nitrogens with zero attached hydrogens (tertiary/aromatic N) is 5. The standard InChI is InChI=1S/C14H17F3N6O/c1-23-7-20-22-12(23)8-4-9(10(24)5-8)6-19-13-18-3-2-11(21-13)14(15,16)17/h2-3,7-10,24H,4-6H2,1H3,(H,18,19,21)/t8-,9+,10+/m0/s1. The SMILES string of the molecule is Cn1cnnc1[C@H]1C[C@H](CNc2nccc(C(F)(F)F)n2)[C@H](O)C1. The Hall–Kier alpha value is -2.23. The minimum atomic E-state index is -4.51. The third-order valence-corrected chi connectivity index (χ3v) is 4.24. The molecule has 2 aromatic heterocycles. The Balaban J connectivity index is 1.62. The number of anilines is 1. The summed E-state index contributed by atoms with van der Waals surface area (Å²) in [7, 11) is 1.84. The molecule has 24 heavy (non-hydrogen) atoms. The number of rotatable bonds is 4. The van der Waals surface area contributed by atoms with Crippen molar-refractivity contribution in [1.29, 1.82) is 0 Å². The molecule has 0 bridgehead atoms. The van der Waals surface area contributed by atoms with Gasteiger partial charge in [-0.2, -0.15) is 13.2 Å². The van der Waals surface area contributed by atoms with Crippen LogP contribution in [0.2, 0.25) is 0 Å². The average Bonchev–Trinajstić information content (AvgIpc) is 3.10. The summed E-state index contributed by atoms with van der Waals surface area (Å²) in [6.07, 6.45) is -1.20. The maximum atomic E-state index is 12.6. The van der Waals surface area contributed by atoms with Crippen LogP contribution in [0.15, 0.2) is 18.6 Å². The molecule has 0 spiro atoms. The van der Waals surface area contributed by atoms with Gasteiger partial charge in [0.2, 0.25) is 5.95 Å².